The molecule has 0 heterocycles. The Morgan fingerprint density at radius 2 is 1.56 bits per heavy atom. The zero-order valence-electron chi connectivity index (χ0n) is 14.4. The van der Waals surface area contributed by atoms with E-state index in [-0.39, 0.29) is 29.5 Å². The molecule has 0 aliphatic rings. The Bertz CT molecular complexity index is 763. The van der Waals surface area contributed by atoms with Crippen LogP contribution in [0, 0.1) is 0 Å². The number of hydrogen-bond donors (Lipinski definition) is 3. The Balaban J connectivity index is 2.06. The molecule has 130 valence electrons. The second kappa shape index (κ2) is 7.66. The predicted octanol–water partition coefficient (Wildman–Crippen LogP) is 2.96. The van der Waals surface area contributed by atoms with Crippen LogP contribution in [0.15, 0.2) is 61.2 Å². The van der Waals surface area contributed by atoms with Crippen LogP contribution < -0.4 is 10.6 Å². The van der Waals surface area contributed by atoms with Crippen molar-refractivity contribution in [1.82, 2.24) is 5.32 Å². The third kappa shape index (κ3) is 4.70. The maximum Gasteiger partial charge on any atom is 0.243 e. The fraction of sp³-hybridized carbons (Fsp3) is 0.200. The van der Waals surface area contributed by atoms with E-state index >= 15 is 0 Å². The molecule has 0 unspecified atom stereocenters. The Morgan fingerprint density at radius 3 is 2.08 bits per heavy atom. The topological polar surface area (TPSA) is 78.4 Å². The van der Waals surface area contributed by atoms with Crippen LogP contribution in [0.5, 0.6) is 5.75 Å². The van der Waals surface area contributed by atoms with Gasteiger partial charge >= 0.3 is 0 Å². The molecule has 5 heteroatoms. The lowest BCUT2D eigenvalue weighted by molar-refractivity contribution is -0.121. The molecule has 5 nitrogen and oxygen atoms in total. The lowest BCUT2D eigenvalue weighted by Gasteiger charge is -2.26. The van der Waals surface area contributed by atoms with Gasteiger partial charge in [-0.1, -0.05) is 44.7 Å². The quantitative estimate of drug-likeness (QED) is 0.709. The van der Waals surface area contributed by atoms with E-state index < -0.39 is 0 Å². The number of anilines is 1. The first-order chi connectivity index (χ1) is 11.8. The van der Waals surface area contributed by atoms with Crippen molar-refractivity contribution in [3.05, 3.63) is 72.3 Å². The molecule has 25 heavy (non-hydrogen) atoms. The molecule has 0 radical (unpaired) electrons. The van der Waals surface area contributed by atoms with Crippen molar-refractivity contribution in [3.8, 4) is 5.75 Å². The van der Waals surface area contributed by atoms with Crippen LogP contribution in [0.3, 0.4) is 0 Å². The van der Waals surface area contributed by atoms with Crippen LogP contribution in [0.2, 0.25) is 0 Å². The molecule has 2 amide bonds. The zero-order valence-corrected chi connectivity index (χ0v) is 14.4. The van der Waals surface area contributed by atoms with Gasteiger partial charge in [-0.05, 0) is 41.5 Å². The van der Waals surface area contributed by atoms with Gasteiger partial charge in [0.05, 0.1) is 6.54 Å². The summed E-state index contributed by atoms with van der Waals surface area (Å²) >= 11 is 0. The van der Waals surface area contributed by atoms with E-state index in [4.69, 9.17) is 0 Å². The Morgan fingerprint density at radius 1 is 1.04 bits per heavy atom. The third-order valence-electron chi connectivity index (χ3n) is 4.09. The third-order valence-corrected chi connectivity index (χ3v) is 4.09. The molecule has 3 N–H and O–H groups in total. The highest BCUT2D eigenvalue weighted by atomic mass is 16.3. The van der Waals surface area contributed by atoms with Crippen molar-refractivity contribution in [2.75, 3.05) is 11.9 Å². The minimum absolute atomic E-state index is 0.106. The average Bonchev–Trinajstić information content (AvgIpc) is 2.60. The summed E-state index contributed by atoms with van der Waals surface area (Å²) in [5.74, 6) is -0.456. The molecule has 2 aromatic carbocycles. The monoisotopic (exact) mass is 338 g/mol. The predicted molar refractivity (Wildman–Crippen MR) is 98.5 cm³/mol. The largest absolute Gasteiger partial charge is 0.508 e. The summed E-state index contributed by atoms with van der Waals surface area (Å²) < 4.78 is 0. The Kier molecular flexibility index (Phi) is 5.60. The van der Waals surface area contributed by atoms with Gasteiger partial charge in [-0.15, -0.1) is 0 Å². The number of rotatable bonds is 6. The minimum Gasteiger partial charge on any atom is -0.508 e. The molecular weight excluding hydrogens is 316 g/mol. The van der Waals surface area contributed by atoms with Crippen molar-refractivity contribution in [3.63, 3.8) is 0 Å². The highest BCUT2D eigenvalue weighted by Crippen LogP contribution is 2.32. The van der Waals surface area contributed by atoms with Crippen LogP contribution in [-0.4, -0.2) is 23.5 Å². The number of phenols is 1. The molecule has 2 rings (SSSR count). The van der Waals surface area contributed by atoms with E-state index in [1.165, 1.54) is 0 Å². The van der Waals surface area contributed by atoms with Crippen molar-refractivity contribution in [2.24, 2.45) is 0 Å². The van der Waals surface area contributed by atoms with Gasteiger partial charge in [-0.3, -0.25) is 9.59 Å². The molecule has 0 saturated carbocycles. The molecule has 0 bridgehead atoms. The van der Waals surface area contributed by atoms with Crippen LogP contribution >= 0.6 is 0 Å². The maximum atomic E-state index is 11.8. The SMILES string of the molecule is C=CC(=O)NCC(=O)Nc1ccc(C(C)(C)c2ccc(O)cc2)cc1. The second-order valence-corrected chi connectivity index (χ2v) is 6.22. The van der Waals surface area contributed by atoms with Gasteiger partial charge in [0.15, 0.2) is 0 Å². The van der Waals surface area contributed by atoms with Crippen LogP contribution in [0.1, 0.15) is 25.0 Å². The standard InChI is InChI=1S/C20H22N2O3/c1-4-18(24)21-13-19(25)22-16-9-5-14(6-10-16)20(2,3)15-7-11-17(23)12-8-15/h4-12,23H,1,13H2,2-3H3,(H,21,24)(H,22,25). The average molecular weight is 338 g/mol. The summed E-state index contributed by atoms with van der Waals surface area (Å²) in [5, 5.41) is 14.6. The summed E-state index contributed by atoms with van der Waals surface area (Å²) in [6, 6.07) is 14.7. The molecule has 0 aliphatic heterocycles. The smallest absolute Gasteiger partial charge is 0.243 e. The fourth-order valence-electron chi connectivity index (χ4n) is 2.46. The number of carbonyl (C=O) groups is 2. The van der Waals surface area contributed by atoms with Gasteiger partial charge in [0.1, 0.15) is 5.75 Å². The number of carbonyl (C=O) groups excluding carboxylic acids is 2. The van der Waals surface area contributed by atoms with Gasteiger partial charge in [-0.25, -0.2) is 0 Å². The Hall–Kier alpha value is -3.08. The van der Waals surface area contributed by atoms with Crippen LogP contribution in [0.25, 0.3) is 0 Å². The van der Waals surface area contributed by atoms with Crippen LogP contribution in [-0.2, 0) is 15.0 Å². The number of nitrogens with one attached hydrogen (secondary N) is 2. The first kappa shape index (κ1) is 18.3. The normalized spacial score (nSPS) is 10.8. The van der Waals surface area contributed by atoms with Gasteiger partial charge in [0, 0.05) is 11.1 Å². The molecule has 0 saturated heterocycles. The highest BCUT2D eigenvalue weighted by molar-refractivity contribution is 5.96. The van der Waals surface area contributed by atoms with E-state index in [1.807, 2.05) is 36.4 Å². The fourth-order valence-corrected chi connectivity index (χ4v) is 2.46. The van der Waals surface area contributed by atoms with Gasteiger partial charge in [0.2, 0.25) is 11.8 Å². The summed E-state index contributed by atoms with van der Waals surface area (Å²) in [6.45, 7) is 7.41. The molecular formula is C20H22N2O3. The van der Waals surface area contributed by atoms with Gasteiger partial charge < -0.3 is 15.7 Å². The summed E-state index contributed by atoms with van der Waals surface area (Å²) in [6.07, 6.45) is 1.12. The van der Waals surface area contributed by atoms with Gasteiger partial charge in [0.25, 0.3) is 0 Å². The molecule has 0 spiro atoms. The number of aromatic hydroxyl groups is 1. The lowest BCUT2D eigenvalue weighted by atomic mass is 9.78. The van der Waals surface area contributed by atoms with Gasteiger partial charge in [-0.2, -0.15) is 0 Å². The molecule has 0 aromatic heterocycles. The van der Waals surface area contributed by atoms with Crippen molar-refractivity contribution < 1.29 is 14.7 Å². The van der Waals surface area contributed by atoms with Crippen molar-refractivity contribution in [1.29, 1.82) is 0 Å². The Labute approximate surface area is 147 Å². The van der Waals surface area contributed by atoms with E-state index in [1.54, 1.807) is 12.1 Å². The summed E-state index contributed by atoms with van der Waals surface area (Å²) in [4.78, 5) is 22.8. The number of hydrogen-bond acceptors (Lipinski definition) is 3. The lowest BCUT2D eigenvalue weighted by Crippen LogP contribution is -2.31. The van der Waals surface area contributed by atoms with Crippen LogP contribution in [0.4, 0.5) is 5.69 Å². The van der Waals surface area contributed by atoms with E-state index in [0.717, 1.165) is 17.2 Å². The van der Waals surface area contributed by atoms with E-state index in [9.17, 15) is 14.7 Å². The maximum absolute atomic E-state index is 11.8. The van der Waals surface area contributed by atoms with Crippen molar-refractivity contribution >= 4 is 17.5 Å². The number of amides is 2. The van der Waals surface area contributed by atoms with Crippen molar-refractivity contribution in [2.45, 2.75) is 19.3 Å². The van der Waals surface area contributed by atoms with E-state index in [2.05, 4.69) is 31.1 Å². The summed E-state index contributed by atoms with van der Waals surface area (Å²) in [7, 11) is 0. The first-order valence-corrected chi connectivity index (χ1v) is 7.93. The summed E-state index contributed by atoms with van der Waals surface area (Å²) in [5.41, 5.74) is 2.57. The number of phenolic OH excluding ortho intramolecular Hbond substituents is 1. The molecule has 0 aliphatic carbocycles. The molecule has 2 aromatic rings. The van der Waals surface area contributed by atoms with E-state index in [0.29, 0.717) is 5.69 Å². The minimum atomic E-state index is -0.388. The number of benzene rings is 2. The second-order valence-electron chi connectivity index (χ2n) is 6.22. The highest BCUT2D eigenvalue weighted by Gasteiger charge is 2.23. The first-order valence-electron chi connectivity index (χ1n) is 7.93. The molecule has 0 atom stereocenters. The zero-order chi connectivity index (χ0) is 18.4. The molecule has 0 fully saturated rings.